The quantitative estimate of drug-likeness (QED) is 0.0502. The van der Waals surface area contributed by atoms with Crippen molar-refractivity contribution in [2.45, 2.75) is 27.7 Å². The van der Waals surface area contributed by atoms with Gasteiger partial charge in [-0.1, -0.05) is 24.3 Å². The molecule has 10 nitrogen and oxygen atoms in total. The Morgan fingerprint density at radius 1 is 0.490 bits per heavy atom. The second-order valence-corrected chi connectivity index (χ2v) is 10.7. The Morgan fingerprint density at radius 2 is 0.843 bits per heavy atom. The van der Waals surface area contributed by atoms with Crippen LogP contribution in [0.25, 0.3) is 21.8 Å². The Labute approximate surface area is 341 Å². The fourth-order valence-corrected chi connectivity index (χ4v) is 4.42. The topological polar surface area (TPSA) is 115 Å². The molecule has 0 radical (unpaired) electrons. The van der Waals surface area contributed by atoms with Gasteiger partial charge in [-0.3, -0.25) is 19.6 Å². The van der Waals surface area contributed by atoms with Crippen LogP contribution in [-0.2, 0) is 18.9 Å². The second kappa shape index (κ2) is 26.6. The molecule has 0 unspecified atom stereocenters. The molecular formula is C40H48EuN2O8+3. The maximum Gasteiger partial charge on any atom is 3.00 e. The Kier molecular flexibility index (Phi) is 22.9. The van der Waals surface area contributed by atoms with Crippen molar-refractivity contribution >= 4 is 33.4 Å². The number of carbonyl (C=O) groups excluding carboxylic acids is 2. The number of pyridine rings is 2. The minimum atomic E-state index is 0. The first-order chi connectivity index (χ1) is 24.4. The molecule has 3 aromatic carbocycles. The van der Waals surface area contributed by atoms with Crippen LogP contribution in [0.3, 0.4) is 0 Å². The summed E-state index contributed by atoms with van der Waals surface area (Å²) < 4.78 is 31.8. The van der Waals surface area contributed by atoms with Crippen LogP contribution in [0.5, 0.6) is 11.5 Å². The van der Waals surface area contributed by atoms with Crippen molar-refractivity contribution in [1.82, 2.24) is 9.97 Å². The molecular weight excluding hydrogens is 788 g/mol. The summed E-state index contributed by atoms with van der Waals surface area (Å²) in [5, 5.41) is 2.28. The van der Waals surface area contributed by atoms with Crippen LogP contribution in [0.4, 0.5) is 0 Å². The van der Waals surface area contributed by atoms with Gasteiger partial charge in [0.2, 0.25) is 0 Å². The van der Waals surface area contributed by atoms with Crippen LogP contribution in [0, 0.1) is 49.4 Å². The van der Waals surface area contributed by atoms with Gasteiger partial charge in [-0.2, -0.15) is 0 Å². The number of fused-ring (bicyclic) bond motifs is 3. The van der Waals surface area contributed by atoms with Gasteiger partial charge in [0.25, 0.3) is 0 Å². The number of hydrogen-bond acceptors (Lipinski definition) is 10. The van der Waals surface area contributed by atoms with Gasteiger partial charge in [-0.25, -0.2) is 0 Å². The van der Waals surface area contributed by atoms with E-state index in [1.807, 2.05) is 26.0 Å². The summed E-state index contributed by atoms with van der Waals surface area (Å²) in [6.45, 7) is 12.9. The molecule has 0 atom stereocenters. The Balaban J connectivity index is 0.000000264. The van der Waals surface area contributed by atoms with Gasteiger partial charge in [0.05, 0.1) is 50.7 Å². The monoisotopic (exact) mass is 837 g/mol. The minimum absolute atomic E-state index is 0. The molecule has 5 aromatic rings. The van der Waals surface area contributed by atoms with E-state index in [2.05, 4.69) is 34.2 Å². The minimum Gasteiger partial charge on any atom is -0.491 e. The van der Waals surface area contributed by atoms with Crippen LogP contribution < -0.4 is 9.47 Å². The molecule has 2 heterocycles. The molecule has 0 N–H and O–H groups in total. The van der Waals surface area contributed by atoms with E-state index in [9.17, 15) is 9.59 Å². The Bertz CT molecular complexity index is 1580. The summed E-state index contributed by atoms with van der Waals surface area (Å²) in [5.41, 5.74) is 3.34. The molecule has 0 aliphatic carbocycles. The molecule has 270 valence electrons. The first-order valence-corrected chi connectivity index (χ1v) is 16.8. The van der Waals surface area contributed by atoms with Gasteiger partial charge < -0.3 is 28.4 Å². The predicted molar refractivity (Wildman–Crippen MR) is 196 cm³/mol. The van der Waals surface area contributed by atoms with Crippen molar-refractivity contribution in [2.24, 2.45) is 0 Å². The summed E-state index contributed by atoms with van der Waals surface area (Å²) >= 11 is 0. The van der Waals surface area contributed by atoms with E-state index in [0.717, 1.165) is 33.3 Å². The number of carbonyl (C=O) groups is 2. The van der Waals surface area contributed by atoms with E-state index >= 15 is 0 Å². The molecule has 2 aromatic heterocycles. The van der Waals surface area contributed by atoms with Gasteiger partial charge in [0.1, 0.15) is 24.7 Å². The van der Waals surface area contributed by atoms with Crippen molar-refractivity contribution in [3.63, 3.8) is 0 Å². The van der Waals surface area contributed by atoms with Gasteiger partial charge in [0, 0.05) is 47.5 Å². The van der Waals surface area contributed by atoms with E-state index in [4.69, 9.17) is 28.4 Å². The predicted octanol–water partition coefficient (Wildman–Crippen LogP) is 7.43. The summed E-state index contributed by atoms with van der Waals surface area (Å²) in [6, 6.07) is 26.3. The summed E-state index contributed by atoms with van der Waals surface area (Å²) in [6.07, 6.45) is 3.60. The molecule has 11 heteroatoms. The standard InChI is InChI=1S/2C14H20O4.C12H8N2.Eu/c2*1-3-16-8-9-17-10-11-18-14-6-4-13(5-7-14)12(2)15;1-3-9-5-6-10-4-2-8-14-12(10)11(9)13-7-1;/h2*4-7H,3,8-11H2,1-2H3;1-8H;/q;;;+3. The zero-order valence-electron chi connectivity index (χ0n) is 29.8. The maximum absolute atomic E-state index is 11.1. The number of ether oxygens (including phenoxy) is 6. The molecule has 0 aliphatic rings. The van der Waals surface area contributed by atoms with Gasteiger partial charge in [0.15, 0.2) is 11.6 Å². The first-order valence-electron chi connectivity index (χ1n) is 16.8. The van der Waals surface area contributed by atoms with Gasteiger partial charge in [-0.15, -0.1) is 0 Å². The third-order valence-corrected chi connectivity index (χ3v) is 7.01. The molecule has 0 aliphatic heterocycles. The molecule has 0 spiro atoms. The van der Waals surface area contributed by atoms with E-state index in [0.29, 0.717) is 77.2 Å². The molecule has 0 bridgehead atoms. The van der Waals surface area contributed by atoms with Crippen molar-refractivity contribution in [1.29, 1.82) is 0 Å². The number of nitrogens with zero attached hydrogens (tertiary/aromatic N) is 2. The van der Waals surface area contributed by atoms with Crippen LogP contribution >= 0.6 is 0 Å². The fraction of sp³-hybridized carbons (Fsp3) is 0.350. The number of rotatable bonds is 18. The van der Waals surface area contributed by atoms with Gasteiger partial charge in [-0.05, 0) is 88.4 Å². The fourth-order valence-electron chi connectivity index (χ4n) is 4.42. The molecule has 0 fully saturated rings. The van der Waals surface area contributed by atoms with E-state index < -0.39 is 0 Å². The van der Waals surface area contributed by atoms with Crippen molar-refractivity contribution in [3.05, 3.63) is 108 Å². The summed E-state index contributed by atoms with van der Waals surface area (Å²) in [7, 11) is 0. The van der Waals surface area contributed by atoms with Crippen LogP contribution in [0.1, 0.15) is 48.4 Å². The number of Topliss-reactive ketones (excluding diaryl/α,β-unsaturated/α-hetero) is 2. The molecule has 5 rings (SSSR count). The Morgan fingerprint density at radius 3 is 1.20 bits per heavy atom. The van der Waals surface area contributed by atoms with E-state index in [1.165, 1.54) is 0 Å². The van der Waals surface area contributed by atoms with E-state index in [-0.39, 0.29) is 60.9 Å². The average Bonchev–Trinajstić information content (AvgIpc) is 3.15. The number of aromatic nitrogens is 2. The Hall–Kier alpha value is -3.16. The van der Waals surface area contributed by atoms with Gasteiger partial charge >= 0.3 is 49.4 Å². The van der Waals surface area contributed by atoms with Crippen LogP contribution in [0.2, 0.25) is 0 Å². The van der Waals surface area contributed by atoms with Crippen molar-refractivity contribution in [3.8, 4) is 11.5 Å². The number of ketones is 2. The van der Waals surface area contributed by atoms with Crippen LogP contribution in [0.15, 0.2) is 97.3 Å². The normalized spacial score (nSPS) is 10.3. The maximum atomic E-state index is 11.1. The SMILES string of the molecule is CCOCCOCCOc1ccc(C(C)=O)cc1.CCOCCOCCOc1ccc(C(C)=O)cc1.[Eu+3].c1cnc2c(c1)ccc1cccnc12. The number of benzene rings is 3. The smallest absolute Gasteiger partial charge is 0.491 e. The third kappa shape index (κ3) is 17.3. The van der Waals surface area contributed by atoms with E-state index in [1.54, 1.807) is 74.8 Å². The summed E-state index contributed by atoms with van der Waals surface area (Å²) in [4.78, 5) is 30.8. The van der Waals surface area contributed by atoms with Crippen LogP contribution in [-0.4, -0.2) is 87.6 Å². The summed E-state index contributed by atoms with van der Waals surface area (Å²) in [5.74, 6) is 1.60. The number of hydrogen-bond donors (Lipinski definition) is 0. The zero-order chi connectivity index (χ0) is 35.8. The average molecular weight is 837 g/mol. The third-order valence-electron chi connectivity index (χ3n) is 7.01. The van der Waals surface area contributed by atoms with Crippen molar-refractivity contribution < 1.29 is 87.4 Å². The molecule has 0 saturated heterocycles. The first kappa shape index (κ1) is 44.0. The van der Waals surface area contributed by atoms with Crippen molar-refractivity contribution in [2.75, 3.05) is 66.1 Å². The molecule has 51 heavy (non-hydrogen) atoms. The largest absolute Gasteiger partial charge is 3.00 e. The molecule has 0 amide bonds. The zero-order valence-corrected chi connectivity index (χ0v) is 32.3. The second-order valence-electron chi connectivity index (χ2n) is 10.7. The molecule has 0 saturated carbocycles.